The minimum Gasteiger partial charge on any atom is -0.496 e. The molecule has 0 saturated carbocycles. The lowest BCUT2D eigenvalue weighted by molar-refractivity contribution is 0.419. The van der Waals surface area contributed by atoms with Gasteiger partial charge in [-0.05, 0) is 37.3 Å². The van der Waals surface area contributed by atoms with Gasteiger partial charge in [0.15, 0.2) is 0 Å². The van der Waals surface area contributed by atoms with Gasteiger partial charge >= 0.3 is 0 Å². The Bertz CT molecular complexity index is 847. The van der Waals surface area contributed by atoms with Crippen LogP contribution in [0.5, 0.6) is 5.75 Å². The minimum absolute atomic E-state index is 0.255. The SMILES string of the molecule is COc1ccc(F)c2c1cc(C)n2CCNc1cc(Cl)ccn1. The van der Waals surface area contributed by atoms with E-state index in [9.17, 15) is 4.39 Å². The number of aromatic nitrogens is 2. The molecule has 0 spiro atoms. The molecule has 6 heteroatoms. The van der Waals surface area contributed by atoms with Gasteiger partial charge in [0.2, 0.25) is 0 Å². The topological polar surface area (TPSA) is 39.1 Å². The van der Waals surface area contributed by atoms with Gasteiger partial charge in [-0.2, -0.15) is 0 Å². The van der Waals surface area contributed by atoms with Gasteiger partial charge in [0, 0.05) is 35.4 Å². The molecule has 4 nitrogen and oxygen atoms in total. The third-order valence-electron chi connectivity index (χ3n) is 3.76. The Balaban J connectivity index is 1.84. The molecule has 0 bridgehead atoms. The molecule has 0 aliphatic carbocycles. The third kappa shape index (κ3) is 3.10. The molecule has 2 heterocycles. The summed E-state index contributed by atoms with van der Waals surface area (Å²) in [7, 11) is 1.59. The number of fused-ring (bicyclic) bond motifs is 1. The number of nitrogens with zero attached hydrogens (tertiary/aromatic N) is 2. The van der Waals surface area contributed by atoms with Gasteiger partial charge in [0.25, 0.3) is 0 Å². The van der Waals surface area contributed by atoms with Gasteiger partial charge in [0.1, 0.15) is 17.4 Å². The first-order valence-corrected chi connectivity index (χ1v) is 7.65. The van der Waals surface area contributed by atoms with E-state index in [1.54, 1.807) is 31.5 Å². The number of nitrogens with one attached hydrogen (secondary N) is 1. The van der Waals surface area contributed by atoms with Gasteiger partial charge in [-0.1, -0.05) is 11.6 Å². The quantitative estimate of drug-likeness (QED) is 0.758. The number of halogens is 2. The standard InChI is InChI=1S/C17H17ClFN3O/c1-11-9-13-15(23-2)4-3-14(19)17(13)22(11)8-7-21-16-10-12(18)5-6-20-16/h3-6,9-10H,7-8H2,1-2H3,(H,20,21). The number of benzene rings is 1. The highest BCUT2D eigenvalue weighted by Gasteiger charge is 2.14. The van der Waals surface area contributed by atoms with Crippen LogP contribution in [0.2, 0.25) is 5.02 Å². The van der Waals surface area contributed by atoms with Gasteiger partial charge in [-0.15, -0.1) is 0 Å². The number of rotatable bonds is 5. The van der Waals surface area contributed by atoms with E-state index in [0.717, 1.165) is 11.1 Å². The fraction of sp³-hybridized carbons (Fsp3) is 0.235. The molecule has 1 N–H and O–H groups in total. The number of pyridine rings is 1. The summed E-state index contributed by atoms with van der Waals surface area (Å²) >= 11 is 5.93. The molecule has 120 valence electrons. The number of ether oxygens (including phenoxy) is 1. The highest BCUT2D eigenvalue weighted by molar-refractivity contribution is 6.30. The lowest BCUT2D eigenvalue weighted by Gasteiger charge is -2.11. The molecule has 3 aromatic rings. The minimum atomic E-state index is -0.255. The van der Waals surface area contributed by atoms with Crippen molar-refractivity contribution in [2.45, 2.75) is 13.5 Å². The fourth-order valence-corrected chi connectivity index (χ4v) is 2.86. The molecule has 0 unspecified atom stereocenters. The van der Waals surface area contributed by atoms with Crippen LogP contribution in [0, 0.1) is 12.7 Å². The number of hydrogen-bond donors (Lipinski definition) is 1. The summed E-state index contributed by atoms with van der Waals surface area (Å²) < 4.78 is 21.5. The molecule has 0 radical (unpaired) electrons. The Morgan fingerprint density at radius 1 is 1.30 bits per heavy atom. The first-order chi connectivity index (χ1) is 11.1. The van der Waals surface area contributed by atoms with E-state index in [1.807, 2.05) is 17.6 Å². The number of hydrogen-bond acceptors (Lipinski definition) is 3. The molecule has 1 aromatic carbocycles. The molecule has 0 fully saturated rings. The zero-order valence-corrected chi connectivity index (χ0v) is 13.7. The second-order valence-electron chi connectivity index (χ2n) is 5.24. The van der Waals surface area contributed by atoms with Crippen molar-refractivity contribution in [2.24, 2.45) is 0 Å². The van der Waals surface area contributed by atoms with Gasteiger partial charge in [-0.3, -0.25) is 0 Å². The zero-order valence-electron chi connectivity index (χ0n) is 12.9. The van der Waals surface area contributed by atoms with Crippen LogP contribution in [0.3, 0.4) is 0 Å². The monoisotopic (exact) mass is 333 g/mol. The maximum atomic E-state index is 14.3. The van der Waals surface area contributed by atoms with Crippen molar-refractivity contribution in [3.63, 3.8) is 0 Å². The van der Waals surface area contributed by atoms with E-state index >= 15 is 0 Å². The molecular weight excluding hydrogens is 317 g/mol. The second kappa shape index (κ2) is 6.46. The molecule has 0 aliphatic rings. The van der Waals surface area contributed by atoms with Crippen LogP contribution >= 0.6 is 11.6 Å². The van der Waals surface area contributed by atoms with Crippen LogP contribution in [-0.2, 0) is 6.54 Å². The molecule has 0 amide bonds. The van der Waals surface area contributed by atoms with Crippen LogP contribution in [0.15, 0.2) is 36.5 Å². The first kappa shape index (κ1) is 15.6. The Labute approximate surface area is 138 Å². The fourth-order valence-electron chi connectivity index (χ4n) is 2.70. The van der Waals surface area contributed by atoms with E-state index < -0.39 is 0 Å². The Morgan fingerprint density at radius 3 is 2.87 bits per heavy atom. The summed E-state index contributed by atoms with van der Waals surface area (Å²) in [5.41, 5.74) is 1.53. The number of anilines is 1. The van der Waals surface area contributed by atoms with E-state index in [-0.39, 0.29) is 5.82 Å². The van der Waals surface area contributed by atoms with Crippen molar-refractivity contribution in [1.82, 2.24) is 9.55 Å². The number of methoxy groups -OCH3 is 1. The zero-order chi connectivity index (χ0) is 16.4. The smallest absolute Gasteiger partial charge is 0.147 e. The summed E-state index contributed by atoms with van der Waals surface area (Å²) in [4.78, 5) is 4.19. The highest BCUT2D eigenvalue weighted by atomic mass is 35.5. The van der Waals surface area contributed by atoms with Crippen molar-refractivity contribution < 1.29 is 9.13 Å². The van der Waals surface area contributed by atoms with Crippen LogP contribution in [0.25, 0.3) is 10.9 Å². The molecule has 0 saturated heterocycles. The second-order valence-corrected chi connectivity index (χ2v) is 5.67. The third-order valence-corrected chi connectivity index (χ3v) is 4.00. The van der Waals surface area contributed by atoms with Crippen molar-refractivity contribution in [3.05, 3.63) is 53.1 Å². The van der Waals surface area contributed by atoms with Crippen LogP contribution in [0.1, 0.15) is 5.69 Å². The Kier molecular flexibility index (Phi) is 4.39. The van der Waals surface area contributed by atoms with Crippen LogP contribution in [-0.4, -0.2) is 23.2 Å². The summed E-state index contributed by atoms with van der Waals surface area (Å²) in [6.07, 6.45) is 1.64. The molecule has 2 aromatic heterocycles. The summed E-state index contributed by atoms with van der Waals surface area (Å²) in [6.45, 7) is 3.17. The Morgan fingerprint density at radius 2 is 2.13 bits per heavy atom. The largest absolute Gasteiger partial charge is 0.496 e. The molecule has 0 aliphatic heterocycles. The highest BCUT2D eigenvalue weighted by Crippen LogP contribution is 2.30. The Hall–Kier alpha value is -2.27. The van der Waals surface area contributed by atoms with Gasteiger partial charge in [-0.25, -0.2) is 9.37 Å². The average molecular weight is 334 g/mol. The van der Waals surface area contributed by atoms with Gasteiger partial charge < -0.3 is 14.6 Å². The van der Waals surface area contributed by atoms with Crippen molar-refractivity contribution in [1.29, 1.82) is 0 Å². The molecule has 3 rings (SSSR count). The first-order valence-electron chi connectivity index (χ1n) is 7.28. The number of aryl methyl sites for hydroxylation is 1. The average Bonchev–Trinajstić information content (AvgIpc) is 2.86. The maximum absolute atomic E-state index is 14.3. The predicted octanol–water partition coefficient (Wildman–Crippen LogP) is 4.26. The van der Waals surface area contributed by atoms with Crippen molar-refractivity contribution in [3.8, 4) is 5.75 Å². The van der Waals surface area contributed by atoms with Crippen molar-refractivity contribution >= 4 is 28.3 Å². The maximum Gasteiger partial charge on any atom is 0.147 e. The molecular formula is C17H17ClFN3O. The molecule has 23 heavy (non-hydrogen) atoms. The van der Waals surface area contributed by atoms with Crippen LogP contribution in [0.4, 0.5) is 10.2 Å². The van der Waals surface area contributed by atoms with Crippen molar-refractivity contribution in [2.75, 3.05) is 19.0 Å². The lowest BCUT2D eigenvalue weighted by atomic mass is 10.2. The van der Waals surface area contributed by atoms with Gasteiger partial charge in [0.05, 0.1) is 12.6 Å². The summed E-state index contributed by atoms with van der Waals surface area (Å²) in [5, 5.41) is 4.60. The summed E-state index contributed by atoms with van der Waals surface area (Å²) in [6, 6.07) is 8.50. The van der Waals surface area contributed by atoms with E-state index in [0.29, 0.717) is 35.2 Å². The normalized spacial score (nSPS) is 11.0. The van der Waals surface area contributed by atoms with E-state index in [2.05, 4.69) is 10.3 Å². The van der Waals surface area contributed by atoms with E-state index in [4.69, 9.17) is 16.3 Å². The van der Waals surface area contributed by atoms with E-state index in [1.165, 1.54) is 6.07 Å². The lowest BCUT2D eigenvalue weighted by Crippen LogP contribution is -2.12. The molecule has 0 atom stereocenters. The summed E-state index contributed by atoms with van der Waals surface area (Å²) in [5.74, 6) is 1.12. The predicted molar refractivity (Wildman–Crippen MR) is 90.9 cm³/mol. The van der Waals surface area contributed by atoms with Crippen LogP contribution < -0.4 is 10.1 Å².